The molecule has 1 N–H and O–H groups in total. The molecule has 1 rings (SSSR count). The summed E-state index contributed by atoms with van der Waals surface area (Å²) in [5.41, 5.74) is 0. The highest BCUT2D eigenvalue weighted by Crippen LogP contribution is 2.18. The monoisotopic (exact) mass is 304 g/mol. The van der Waals surface area contributed by atoms with Crippen molar-refractivity contribution in [2.75, 3.05) is 13.6 Å². The van der Waals surface area contributed by atoms with Gasteiger partial charge in [0.2, 0.25) is 15.9 Å². The van der Waals surface area contributed by atoms with E-state index < -0.39 is 10.0 Å². The minimum atomic E-state index is -3.70. The van der Waals surface area contributed by atoms with E-state index in [9.17, 15) is 13.2 Å². The Kier molecular flexibility index (Phi) is 5.34. The van der Waals surface area contributed by atoms with E-state index in [1.54, 1.807) is 12.1 Å². The van der Waals surface area contributed by atoms with Crippen LogP contribution in [0.1, 0.15) is 13.8 Å². The standard InChI is InChI=1S/C12H17ClN2O3S/c1-9(2)14-12(16)8-15(3)19(17,18)11-6-4-5-10(13)7-11/h4-7,9H,8H2,1-3H3,(H,14,16). The Labute approximate surface area is 118 Å². The van der Waals surface area contributed by atoms with Crippen molar-refractivity contribution in [3.05, 3.63) is 29.3 Å². The molecule has 1 amide bonds. The largest absolute Gasteiger partial charge is 0.353 e. The van der Waals surface area contributed by atoms with E-state index >= 15 is 0 Å². The summed E-state index contributed by atoms with van der Waals surface area (Å²) in [5, 5.41) is 2.97. The van der Waals surface area contributed by atoms with Gasteiger partial charge in [0, 0.05) is 18.1 Å². The minimum absolute atomic E-state index is 0.0326. The summed E-state index contributed by atoms with van der Waals surface area (Å²) in [6.45, 7) is 3.39. The predicted molar refractivity (Wildman–Crippen MR) is 74.5 cm³/mol. The lowest BCUT2D eigenvalue weighted by molar-refractivity contribution is -0.121. The fourth-order valence-electron chi connectivity index (χ4n) is 1.46. The van der Waals surface area contributed by atoms with Gasteiger partial charge in [0.05, 0.1) is 11.4 Å². The Morgan fingerprint density at radius 1 is 1.42 bits per heavy atom. The summed E-state index contributed by atoms with van der Waals surface area (Å²) in [6, 6.07) is 5.91. The Bertz CT molecular complexity index is 558. The Hall–Kier alpha value is -1.11. The number of benzene rings is 1. The van der Waals surface area contributed by atoms with Gasteiger partial charge in [0.25, 0.3) is 0 Å². The number of carbonyl (C=O) groups excluding carboxylic acids is 1. The number of amides is 1. The molecule has 0 fully saturated rings. The quantitative estimate of drug-likeness (QED) is 0.896. The summed E-state index contributed by atoms with van der Waals surface area (Å²) >= 11 is 5.77. The first-order valence-electron chi connectivity index (χ1n) is 5.74. The van der Waals surface area contributed by atoms with Crippen molar-refractivity contribution in [2.24, 2.45) is 0 Å². The highest BCUT2D eigenvalue weighted by atomic mass is 35.5. The van der Waals surface area contributed by atoms with Crippen molar-refractivity contribution in [2.45, 2.75) is 24.8 Å². The first-order valence-corrected chi connectivity index (χ1v) is 7.56. The lowest BCUT2D eigenvalue weighted by Gasteiger charge is -2.18. The molecule has 0 spiro atoms. The minimum Gasteiger partial charge on any atom is -0.353 e. The van der Waals surface area contributed by atoms with E-state index in [0.717, 1.165) is 4.31 Å². The van der Waals surface area contributed by atoms with Crippen molar-refractivity contribution in [3.8, 4) is 0 Å². The molecule has 0 bridgehead atoms. The maximum atomic E-state index is 12.2. The fraction of sp³-hybridized carbons (Fsp3) is 0.417. The van der Waals surface area contributed by atoms with Crippen LogP contribution in [0.25, 0.3) is 0 Å². The molecule has 19 heavy (non-hydrogen) atoms. The van der Waals surface area contributed by atoms with Gasteiger partial charge in [-0.3, -0.25) is 4.79 Å². The normalized spacial score (nSPS) is 11.9. The second-order valence-electron chi connectivity index (χ2n) is 4.44. The number of likely N-dealkylation sites (N-methyl/N-ethyl adjacent to an activating group) is 1. The molecule has 0 heterocycles. The van der Waals surface area contributed by atoms with Crippen molar-refractivity contribution >= 4 is 27.5 Å². The van der Waals surface area contributed by atoms with E-state index in [1.807, 2.05) is 13.8 Å². The molecular weight excluding hydrogens is 288 g/mol. The zero-order chi connectivity index (χ0) is 14.6. The van der Waals surface area contributed by atoms with Crippen LogP contribution in [-0.2, 0) is 14.8 Å². The summed E-state index contributed by atoms with van der Waals surface area (Å²) in [5.74, 6) is -0.344. The third-order valence-electron chi connectivity index (χ3n) is 2.32. The first-order chi connectivity index (χ1) is 8.73. The third-order valence-corrected chi connectivity index (χ3v) is 4.35. The van der Waals surface area contributed by atoms with E-state index in [0.29, 0.717) is 5.02 Å². The third kappa shape index (κ3) is 4.49. The van der Waals surface area contributed by atoms with E-state index in [-0.39, 0.29) is 23.4 Å². The molecule has 0 radical (unpaired) electrons. The topological polar surface area (TPSA) is 66.5 Å². The zero-order valence-corrected chi connectivity index (χ0v) is 12.6. The summed E-state index contributed by atoms with van der Waals surface area (Å²) in [4.78, 5) is 11.6. The van der Waals surface area contributed by atoms with Crippen LogP contribution < -0.4 is 5.32 Å². The zero-order valence-electron chi connectivity index (χ0n) is 11.1. The van der Waals surface area contributed by atoms with E-state index in [2.05, 4.69) is 5.32 Å². The van der Waals surface area contributed by atoms with Gasteiger partial charge in [0.15, 0.2) is 0 Å². The van der Waals surface area contributed by atoms with Crippen LogP contribution in [0.5, 0.6) is 0 Å². The second kappa shape index (κ2) is 6.36. The molecule has 0 aliphatic rings. The molecule has 1 aromatic rings. The molecule has 0 saturated heterocycles. The van der Waals surface area contributed by atoms with Gasteiger partial charge in [0.1, 0.15) is 0 Å². The van der Waals surface area contributed by atoms with Crippen molar-refractivity contribution < 1.29 is 13.2 Å². The Balaban J connectivity index is 2.86. The van der Waals surface area contributed by atoms with Crippen LogP contribution in [-0.4, -0.2) is 38.3 Å². The maximum Gasteiger partial charge on any atom is 0.243 e. The van der Waals surface area contributed by atoms with Gasteiger partial charge in [-0.1, -0.05) is 17.7 Å². The Morgan fingerprint density at radius 2 is 2.05 bits per heavy atom. The molecule has 0 aliphatic heterocycles. The van der Waals surface area contributed by atoms with Crippen LogP contribution in [0.3, 0.4) is 0 Å². The smallest absolute Gasteiger partial charge is 0.243 e. The van der Waals surface area contributed by atoms with Crippen LogP contribution >= 0.6 is 11.6 Å². The molecule has 0 atom stereocenters. The molecule has 0 saturated carbocycles. The highest BCUT2D eigenvalue weighted by Gasteiger charge is 2.23. The molecule has 0 unspecified atom stereocenters. The molecule has 106 valence electrons. The van der Waals surface area contributed by atoms with Gasteiger partial charge in [-0.05, 0) is 32.0 Å². The molecular formula is C12H17ClN2O3S. The number of sulfonamides is 1. The van der Waals surface area contributed by atoms with Crippen molar-refractivity contribution in [1.82, 2.24) is 9.62 Å². The number of halogens is 1. The van der Waals surface area contributed by atoms with Crippen LogP contribution in [0, 0.1) is 0 Å². The fourth-order valence-corrected chi connectivity index (χ4v) is 2.89. The van der Waals surface area contributed by atoms with Crippen LogP contribution in [0.4, 0.5) is 0 Å². The van der Waals surface area contributed by atoms with Gasteiger partial charge < -0.3 is 5.32 Å². The summed E-state index contributed by atoms with van der Waals surface area (Å²) in [7, 11) is -2.35. The lowest BCUT2D eigenvalue weighted by Crippen LogP contribution is -2.40. The number of carbonyl (C=O) groups is 1. The van der Waals surface area contributed by atoms with Gasteiger partial charge in [-0.25, -0.2) is 8.42 Å². The van der Waals surface area contributed by atoms with Gasteiger partial charge in [-0.15, -0.1) is 0 Å². The molecule has 0 aromatic heterocycles. The number of hydrogen-bond acceptors (Lipinski definition) is 3. The SMILES string of the molecule is CC(C)NC(=O)CN(C)S(=O)(=O)c1cccc(Cl)c1. The number of nitrogens with zero attached hydrogens (tertiary/aromatic N) is 1. The molecule has 5 nitrogen and oxygen atoms in total. The van der Waals surface area contributed by atoms with E-state index in [1.165, 1.54) is 19.2 Å². The first kappa shape index (κ1) is 15.9. The van der Waals surface area contributed by atoms with Crippen LogP contribution in [0.2, 0.25) is 5.02 Å². The number of rotatable bonds is 5. The lowest BCUT2D eigenvalue weighted by atomic mass is 10.4. The molecule has 7 heteroatoms. The average Bonchev–Trinajstić information content (AvgIpc) is 2.27. The Morgan fingerprint density at radius 3 is 2.58 bits per heavy atom. The van der Waals surface area contributed by atoms with Crippen molar-refractivity contribution in [1.29, 1.82) is 0 Å². The summed E-state index contributed by atoms with van der Waals surface area (Å²) < 4.78 is 25.4. The van der Waals surface area contributed by atoms with E-state index in [4.69, 9.17) is 11.6 Å². The number of nitrogens with one attached hydrogen (secondary N) is 1. The summed E-state index contributed by atoms with van der Waals surface area (Å²) in [6.07, 6.45) is 0. The average molecular weight is 305 g/mol. The number of hydrogen-bond donors (Lipinski definition) is 1. The van der Waals surface area contributed by atoms with Crippen molar-refractivity contribution in [3.63, 3.8) is 0 Å². The predicted octanol–water partition coefficient (Wildman–Crippen LogP) is 1.49. The van der Waals surface area contributed by atoms with Gasteiger partial charge in [-0.2, -0.15) is 4.31 Å². The highest BCUT2D eigenvalue weighted by molar-refractivity contribution is 7.89. The molecule has 0 aliphatic carbocycles. The maximum absolute atomic E-state index is 12.2. The molecule has 1 aromatic carbocycles. The van der Waals surface area contributed by atoms with Crippen LogP contribution in [0.15, 0.2) is 29.2 Å². The second-order valence-corrected chi connectivity index (χ2v) is 6.92. The van der Waals surface area contributed by atoms with Gasteiger partial charge >= 0.3 is 0 Å².